The molecule has 0 radical (unpaired) electrons. The Hall–Kier alpha value is -2.96. The fourth-order valence-electron chi connectivity index (χ4n) is 3.37. The lowest BCUT2D eigenvalue weighted by Crippen LogP contribution is -2.32. The number of aryl methyl sites for hydroxylation is 1. The Labute approximate surface area is 158 Å². The molecule has 7 nitrogen and oxygen atoms in total. The van der Waals surface area contributed by atoms with Crippen LogP contribution in [0.3, 0.4) is 0 Å². The van der Waals surface area contributed by atoms with E-state index in [1.165, 1.54) is 0 Å². The molecule has 1 N–H and O–H groups in total. The first kappa shape index (κ1) is 18.8. The molecule has 1 aromatic carbocycles. The lowest BCUT2D eigenvalue weighted by atomic mass is 10.0. The van der Waals surface area contributed by atoms with Gasteiger partial charge in [0.1, 0.15) is 11.6 Å². The summed E-state index contributed by atoms with van der Waals surface area (Å²) in [4.78, 5) is 35.2. The summed E-state index contributed by atoms with van der Waals surface area (Å²) in [6.45, 7) is 4.42. The second-order valence-electron chi connectivity index (χ2n) is 6.62. The minimum absolute atomic E-state index is 0.00152. The van der Waals surface area contributed by atoms with E-state index in [0.717, 1.165) is 24.2 Å². The number of nitrogens with one attached hydrogen (secondary N) is 1. The number of hydrogen-bond acceptors (Lipinski definition) is 5. The van der Waals surface area contributed by atoms with E-state index in [4.69, 9.17) is 4.74 Å². The Morgan fingerprint density at radius 1 is 1.30 bits per heavy atom. The molecule has 0 saturated carbocycles. The third-order valence-corrected chi connectivity index (χ3v) is 4.77. The van der Waals surface area contributed by atoms with E-state index in [0.29, 0.717) is 30.2 Å². The van der Waals surface area contributed by atoms with Gasteiger partial charge in [0, 0.05) is 26.2 Å². The van der Waals surface area contributed by atoms with Gasteiger partial charge in [-0.3, -0.25) is 9.59 Å². The molecule has 0 spiro atoms. The number of nitrogens with zero attached hydrogens (tertiary/aromatic N) is 3. The van der Waals surface area contributed by atoms with Crippen molar-refractivity contribution in [2.75, 3.05) is 13.7 Å². The van der Waals surface area contributed by atoms with Gasteiger partial charge >= 0.3 is 0 Å². The molecule has 1 fully saturated rings. The highest BCUT2D eigenvalue weighted by Gasteiger charge is 2.32. The average molecular weight is 368 g/mol. The SMILES string of the molecule is COc1ccc(CNC(=O)c2cnc(C)nc2C2CCCN2C(C)=O)cc1. The van der Waals surface area contributed by atoms with Crippen LogP contribution in [0.15, 0.2) is 30.5 Å². The predicted molar refractivity (Wildman–Crippen MR) is 100 cm³/mol. The third kappa shape index (κ3) is 4.24. The van der Waals surface area contributed by atoms with Gasteiger partial charge in [-0.05, 0) is 37.5 Å². The number of carbonyl (C=O) groups excluding carboxylic acids is 2. The monoisotopic (exact) mass is 368 g/mol. The van der Waals surface area contributed by atoms with Gasteiger partial charge in [-0.2, -0.15) is 0 Å². The van der Waals surface area contributed by atoms with Crippen molar-refractivity contribution in [2.24, 2.45) is 0 Å². The van der Waals surface area contributed by atoms with Crippen molar-refractivity contribution >= 4 is 11.8 Å². The topological polar surface area (TPSA) is 84.4 Å². The number of ether oxygens (including phenoxy) is 1. The van der Waals surface area contributed by atoms with Crippen LogP contribution in [0.1, 0.15) is 53.2 Å². The number of benzene rings is 1. The molecule has 0 aliphatic carbocycles. The molecule has 1 saturated heterocycles. The van der Waals surface area contributed by atoms with Crippen LogP contribution in [0.25, 0.3) is 0 Å². The van der Waals surface area contributed by atoms with Crippen molar-refractivity contribution in [2.45, 2.75) is 39.3 Å². The van der Waals surface area contributed by atoms with Crippen LogP contribution >= 0.6 is 0 Å². The molecular weight excluding hydrogens is 344 g/mol. The standard InChI is InChI=1S/C20H24N4O3/c1-13-21-12-17(19(23-13)18-5-4-10-24(18)14(2)25)20(26)22-11-15-6-8-16(27-3)9-7-15/h6-9,12,18H,4-5,10-11H2,1-3H3,(H,22,26). The molecular formula is C20H24N4O3. The summed E-state index contributed by atoms with van der Waals surface area (Å²) in [5, 5.41) is 2.92. The van der Waals surface area contributed by atoms with Gasteiger partial charge in [0.15, 0.2) is 0 Å². The molecule has 1 aromatic heterocycles. The molecule has 1 unspecified atom stereocenters. The largest absolute Gasteiger partial charge is 0.497 e. The summed E-state index contributed by atoms with van der Waals surface area (Å²) in [7, 11) is 1.61. The number of hydrogen-bond donors (Lipinski definition) is 1. The molecule has 2 heterocycles. The van der Waals surface area contributed by atoms with E-state index in [9.17, 15) is 9.59 Å². The van der Waals surface area contributed by atoms with E-state index in [1.807, 2.05) is 24.3 Å². The molecule has 2 amide bonds. The van der Waals surface area contributed by atoms with Gasteiger partial charge < -0.3 is 15.0 Å². The van der Waals surface area contributed by atoms with Crippen LogP contribution in [0.5, 0.6) is 5.75 Å². The fourth-order valence-corrected chi connectivity index (χ4v) is 3.37. The van der Waals surface area contributed by atoms with Gasteiger partial charge in [-0.25, -0.2) is 9.97 Å². The lowest BCUT2D eigenvalue weighted by Gasteiger charge is -2.24. The molecule has 3 rings (SSSR count). The van der Waals surface area contributed by atoms with Crippen LogP contribution in [0.2, 0.25) is 0 Å². The van der Waals surface area contributed by atoms with Crippen LogP contribution in [-0.4, -0.2) is 40.3 Å². The number of aromatic nitrogens is 2. The zero-order valence-corrected chi connectivity index (χ0v) is 15.9. The number of amides is 2. The number of carbonyl (C=O) groups is 2. The number of likely N-dealkylation sites (tertiary alicyclic amines) is 1. The Bertz CT molecular complexity index is 836. The van der Waals surface area contributed by atoms with Crippen molar-refractivity contribution in [3.05, 3.63) is 53.1 Å². The van der Waals surface area contributed by atoms with Crippen LogP contribution in [-0.2, 0) is 11.3 Å². The van der Waals surface area contributed by atoms with Gasteiger partial charge in [-0.1, -0.05) is 12.1 Å². The molecule has 142 valence electrons. The van der Waals surface area contributed by atoms with Gasteiger partial charge in [0.25, 0.3) is 5.91 Å². The highest BCUT2D eigenvalue weighted by molar-refractivity contribution is 5.95. The fraction of sp³-hybridized carbons (Fsp3) is 0.400. The highest BCUT2D eigenvalue weighted by atomic mass is 16.5. The predicted octanol–water partition coefficient (Wildman–Crippen LogP) is 2.41. The zero-order valence-electron chi connectivity index (χ0n) is 15.9. The summed E-state index contributed by atoms with van der Waals surface area (Å²) in [5.74, 6) is 1.12. The lowest BCUT2D eigenvalue weighted by molar-refractivity contribution is -0.129. The molecule has 1 aliphatic rings. The van der Waals surface area contributed by atoms with Crippen LogP contribution in [0, 0.1) is 6.92 Å². The first-order valence-electron chi connectivity index (χ1n) is 9.01. The first-order valence-corrected chi connectivity index (χ1v) is 9.01. The van der Waals surface area contributed by atoms with Crippen LogP contribution in [0.4, 0.5) is 0 Å². The van der Waals surface area contributed by atoms with Gasteiger partial charge in [0.05, 0.1) is 24.4 Å². The van der Waals surface area contributed by atoms with E-state index in [1.54, 1.807) is 32.1 Å². The zero-order chi connectivity index (χ0) is 19.4. The maximum atomic E-state index is 12.8. The second kappa shape index (κ2) is 8.16. The maximum absolute atomic E-state index is 12.8. The van der Waals surface area contributed by atoms with Crippen molar-refractivity contribution in [3.8, 4) is 5.75 Å². The quantitative estimate of drug-likeness (QED) is 0.876. The molecule has 2 aromatic rings. The third-order valence-electron chi connectivity index (χ3n) is 4.77. The Morgan fingerprint density at radius 2 is 2.04 bits per heavy atom. The first-order chi connectivity index (χ1) is 13.0. The van der Waals surface area contributed by atoms with Crippen molar-refractivity contribution in [3.63, 3.8) is 0 Å². The van der Waals surface area contributed by atoms with Crippen molar-refractivity contribution < 1.29 is 14.3 Å². The minimum Gasteiger partial charge on any atom is -0.497 e. The van der Waals surface area contributed by atoms with Gasteiger partial charge in [0.2, 0.25) is 5.91 Å². The number of rotatable bonds is 5. The smallest absolute Gasteiger partial charge is 0.255 e. The minimum atomic E-state index is -0.240. The van der Waals surface area contributed by atoms with Crippen molar-refractivity contribution in [1.82, 2.24) is 20.2 Å². The second-order valence-corrected chi connectivity index (χ2v) is 6.62. The van der Waals surface area contributed by atoms with Crippen molar-refractivity contribution in [1.29, 1.82) is 0 Å². The van der Waals surface area contributed by atoms with E-state index >= 15 is 0 Å². The normalized spacial score (nSPS) is 16.3. The highest BCUT2D eigenvalue weighted by Crippen LogP contribution is 2.32. The van der Waals surface area contributed by atoms with E-state index < -0.39 is 0 Å². The Kier molecular flexibility index (Phi) is 5.69. The number of methoxy groups -OCH3 is 1. The van der Waals surface area contributed by atoms with Gasteiger partial charge in [-0.15, -0.1) is 0 Å². The summed E-state index contributed by atoms with van der Waals surface area (Å²) >= 11 is 0. The average Bonchev–Trinajstić information content (AvgIpc) is 3.16. The molecule has 1 atom stereocenters. The van der Waals surface area contributed by atoms with E-state index in [-0.39, 0.29) is 17.9 Å². The Balaban J connectivity index is 1.79. The summed E-state index contributed by atoms with van der Waals surface area (Å²) in [6, 6.07) is 7.34. The Morgan fingerprint density at radius 3 is 2.70 bits per heavy atom. The summed E-state index contributed by atoms with van der Waals surface area (Å²) in [6.07, 6.45) is 3.26. The molecule has 7 heteroatoms. The summed E-state index contributed by atoms with van der Waals surface area (Å²) < 4.78 is 5.14. The van der Waals surface area contributed by atoms with E-state index in [2.05, 4.69) is 15.3 Å². The molecule has 0 bridgehead atoms. The molecule has 1 aliphatic heterocycles. The maximum Gasteiger partial charge on any atom is 0.255 e. The molecule has 27 heavy (non-hydrogen) atoms. The van der Waals surface area contributed by atoms with Crippen LogP contribution < -0.4 is 10.1 Å². The summed E-state index contributed by atoms with van der Waals surface area (Å²) in [5.41, 5.74) is 2.01.